The molecule has 1 rings (SSSR count). The largest absolute Gasteiger partial charge is 0.496 e. The lowest BCUT2D eigenvalue weighted by Crippen LogP contribution is -2.28. The van der Waals surface area contributed by atoms with Crippen LogP contribution >= 0.6 is 11.6 Å². The van der Waals surface area contributed by atoms with Crippen molar-refractivity contribution in [2.75, 3.05) is 27.8 Å². The van der Waals surface area contributed by atoms with Gasteiger partial charge in [0.15, 0.2) is 0 Å². The highest BCUT2D eigenvalue weighted by atomic mass is 35.5. The maximum absolute atomic E-state index is 12.3. The van der Waals surface area contributed by atoms with Crippen molar-refractivity contribution in [2.45, 2.75) is 12.8 Å². The first-order valence-electron chi connectivity index (χ1n) is 6.15. The normalized spacial score (nSPS) is 10.0. The molecule has 0 saturated carbocycles. The van der Waals surface area contributed by atoms with E-state index >= 15 is 0 Å². The Kier molecular flexibility index (Phi) is 6.31. The second kappa shape index (κ2) is 7.75. The fraction of sp³-hybridized carbons (Fsp3) is 0.429. The number of esters is 1. The van der Waals surface area contributed by atoms with Gasteiger partial charge in [-0.05, 0) is 24.6 Å². The van der Waals surface area contributed by atoms with Crippen LogP contribution in [0.25, 0.3) is 0 Å². The van der Waals surface area contributed by atoms with Crippen LogP contribution in [0.2, 0.25) is 5.02 Å². The SMILES string of the molecule is COC(=O)CCCN(C)C(=O)c1cc(Cl)ccc1OC. The quantitative estimate of drug-likeness (QED) is 0.757. The van der Waals surface area contributed by atoms with Crippen LogP contribution in [0.4, 0.5) is 0 Å². The van der Waals surface area contributed by atoms with Crippen LogP contribution < -0.4 is 4.74 Å². The minimum absolute atomic E-state index is 0.200. The minimum Gasteiger partial charge on any atom is -0.496 e. The van der Waals surface area contributed by atoms with E-state index in [2.05, 4.69) is 4.74 Å². The summed E-state index contributed by atoms with van der Waals surface area (Å²) in [4.78, 5) is 24.8. The Morgan fingerprint density at radius 3 is 2.60 bits per heavy atom. The number of rotatable bonds is 6. The summed E-state index contributed by atoms with van der Waals surface area (Å²) in [7, 11) is 4.51. The molecule has 0 fully saturated rings. The number of hydrogen-bond donors (Lipinski definition) is 0. The Morgan fingerprint density at radius 1 is 1.30 bits per heavy atom. The van der Waals surface area contributed by atoms with E-state index in [1.165, 1.54) is 19.1 Å². The van der Waals surface area contributed by atoms with E-state index in [4.69, 9.17) is 16.3 Å². The van der Waals surface area contributed by atoms with Gasteiger partial charge in [-0.15, -0.1) is 0 Å². The van der Waals surface area contributed by atoms with Gasteiger partial charge in [-0.2, -0.15) is 0 Å². The van der Waals surface area contributed by atoms with Crippen molar-refractivity contribution in [3.63, 3.8) is 0 Å². The molecular weight excluding hydrogens is 282 g/mol. The molecule has 0 aliphatic rings. The molecule has 0 aliphatic carbocycles. The second-order valence-corrected chi connectivity index (χ2v) is 4.69. The number of amides is 1. The monoisotopic (exact) mass is 299 g/mol. The Balaban J connectivity index is 2.69. The summed E-state index contributed by atoms with van der Waals surface area (Å²) in [5.41, 5.74) is 0.403. The second-order valence-electron chi connectivity index (χ2n) is 4.25. The Labute approximate surface area is 123 Å². The van der Waals surface area contributed by atoms with Crippen LogP contribution in [-0.4, -0.2) is 44.6 Å². The highest BCUT2D eigenvalue weighted by Crippen LogP contribution is 2.23. The van der Waals surface area contributed by atoms with E-state index in [-0.39, 0.29) is 18.3 Å². The van der Waals surface area contributed by atoms with Gasteiger partial charge in [0.25, 0.3) is 5.91 Å². The van der Waals surface area contributed by atoms with Crippen molar-refractivity contribution in [3.05, 3.63) is 28.8 Å². The Morgan fingerprint density at radius 2 is 2.00 bits per heavy atom. The molecule has 0 N–H and O–H groups in total. The minimum atomic E-state index is -0.286. The lowest BCUT2D eigenvalue weighted by Gasteiger charge is -2.18. The molecular formula is C14H18ClNO4. The zero-order valence-corrected chi connectivity index (χ0v) is 12.6. The Hall–Kier alpha value is -1.75. The highest BCUT2D eigenvalue weighted by Gasteiger charge is 2.17. The van der Waals surface area contributed by atoms with Crippen LogP contribution in [0.15, 0.2) is 18.2 Å². The summed E-state index contributed by atoms with van der Waals surface area (Å²) in [6, 6.07) is 4.88. The molecule has 0 saturated heterocycles. The molecule has 0 heterocycles. The molecule has 0 aromatic heterocycles. The van der Waals surface area contributed by atoms with E-state index < -0.39 is 0 Å². The van der Waals surface area contributed by atoms with Crippen LogP contribution in [0, 0.1) is 0 Å². The number of ether oxygens (including phenoxy) is 2. The number of methoxy groups -OCH3 is 2. The zero-order valence-electron chi connectivity index (χ0n) is 11.8. The van der Waals surface area contributed by atoms with E-state index in [1.807, 2.05) is 0 Å². The maximum Gasteiger partial charge on any atom is 0.305 e. The first kappa shape index (κ1) is 16.3. The highest BCUT2D eigenvalue weighted by molar-refractivity contribution is 6.31. The van der Waals surface area contributed by atoms with Crippen LogP contribution in [0.3, 0.4) is 0 Å². The third-order valence-corrected chi connectivity index (χ3v) is 3.08. The molecule has 0 atom stereocenters. The number of carbonyl (C=O) groups excluding carboxylic acids is 2. The van der Waals surface area contributed by atoms with Gasteiger partial charge in [0.05, 0.1) is 19.8 Å². The molecule has 0 bridgehead atoms. The lowest BCUT2D eigenvalue weighted by molar-refractivity contribution is -0.140. The molecule has 0 radical (unpaired) electrons. The first-order valence-corrected chi connectivity index (χ1v) is 6.53. The maximum atomic E-state index is 12.3. The van der Waals surface area contributed by atoms with Crippen molar-refractivity contribution in [1.29, 1.82) is 0 Å². The predicted molar refractivity (Wildman–Crippen MR) is 76.2 cm³/mol. The molecule has 20 heavy (non-hydrogen) atoms. The van der Waals surface area contributed by atoms with Gasteiger partial charge in [0.1, 0.15) is 5.75 Å². The fourth-order valence-electron chi connectivity index (χ4n) is 1.72. The third-order valence-electron chi connectivity index (χ3n) is 2.84. The summed E-state index contributed by atoms with van der Waals surface area (Å²) in [5, 5.41) is 0.470. The van der Waals surface area contributed by atoms with Crippen molar-refractivity contribution >= 4 is 23.5 Å². The van der Waals surface area contributed by atoms with Gasteiger partial charge >= 0.3 is 5.97 Å². The smallest absolute Gasteiger partial charge is 0.305 e. The van der Waals surface area contributed by atoms with Crippen LogP contribution in [0.5, 0.6) is 5.75 Å². The molecule has 1 aromatic carbocycles. The van der Waals surface area contributed by atoms with E-state index in [9.17, 15) is 9.59 Å². The van der Waals surface area contributed by atoms with Crippen LogP contribution in [0.1, 0.15) is 23.2 Å². The standard InChI is InChI=1S/C14H18ClNO4/c1-16(8-4-5-13(17)20-3)14(18)11-9-10(15)6-7-12(11)19-2/h6-7,9H,4-5,8H2,1-3H3. The van der Waals surface area contributed by atoms with Gasteiger partial charge in [-0.25, -0.2) is 0 Å². The van der Waals surface area contributed by atoms with Crippen molar-refractivity contribution in [1.82, 2.24) is 4.90 Å². The molecule has 0 unspecified atom stereocenters. The Bertz CT molecular complexity index is 490. The van der Waals surface area contributed by atoms with E-state index in [0.29, 0.717) is 29.3 Å². The summed E-state index contributed by atoms with van der Waals surface area (Å²) in [6.07, 6.45) is 0.818. The number of hydrogen-bond acceptors (Lipinski definition) is 4. The van der Waals surface area contributed by atoms with Crippen LogP contribution in [-0.2, 0) is 9.53 Å². The van der Waals surface area contributed by atoms with Crippen molar-refractivity contribution in [3.8, 4) is 5.75 Å². The van der Waals surface area contributed by atoms with Gasteiger partial charge in [-0.3, -0.25) is 9.59 Å². The van der Waals surface area contributed by atoms with Gasteiger partial charge in [0, 0.05) is 25.0 Å². The van der Waals surface area contributed by atoms with Gasteiger partial charge in [0.2, 0.25) is 0 Å². The molecule has 0 spiro atoms. The molecule has 6 heteroatoms. The zero-order chi connectivity index (χ0) is 15.1. The third kappa shape index (κ3) is 4.42. The molecule has 5 nitrogen and oxygen atoms in total. The average molecular weight is 300 g/mol. The fourth-order valence-corrected chi connectivity index (χ4v) is 1.89. The van der Waals surface area contributed by atoms with E-state index in [0.717, 1.165) is 0 Å². The average Bonchev–Trinajstić information content (AvgIpc) is 2.45. The summed E-state index contributed by atoms with van der Waals surface area (Å²) < 4.78 is 9.70. The molecule has 110 valence electrons. The summed E-state index contributed by atoms with van der Waals surface area (Å²) in [5.74, 6) is -0.0142. The first-order chi connectivity index (χ1) is 9.49. The molecule has 1 amide bonds. The molecule has 1 aromatic rings. The van der Waals surface area contributed by atoms with E-state index in [1.54, 1.807) is 25.2 Å². The summed E-state index contributed by atoms with van der Waals surface area (Å²) in [6.45, 7) is 0.448. The van der Waals surface area contributed by atoms with Gasteiger partial charge in [-0.1, -0.05) is 11.6 Å². The summed E-state index contributed by atoms with van der Waals surface area (Å²) >= 11 is 5.90. The topological polar surface area (TPSA) is 55.8 Å². The van der Waals surface area contributed by atoms with Crippen molar-refractivity contribution in [2.24, 2.45) is 0 Å². The predicted octanol–water partition coefficient (Wildman–Crippen LogP) is 2.37. The number of carbonyl (C=O) groups is 2. The number of halogens is 1. The number of nitrogens with zero attached hydrogens (tertiary/aromatic N) is 1. The van der Waals surface area contributed by atoms with Gasteiger partial charge < -0.3 is 14.4 Å². The lowest BCUT2D eigenvalue weighted by atomic mass is 10.1. The van der Waals surface area contributed by atoms with Crippen molar-refractivity contribution < 1.29 is 19.1 Å². The number of benzene rings is 1. The molecule has 0 aliphatic heterocycles.